The number of aromatic nitrogens is 3. The van der Waals surface area contributed by atoms with Crippen LogP contribution in [0.4, 0.5) is 0 Å². The number of nitrogens with one attached hydrogen (secondary N) is 1. The first-order valence-electron chi connectivity index (χ1n) is 6.25. The highest BCUT2D eigenvalue weighted by molar-refractivity contribution is 9.10. The summed E-state index contributed by atoms with van der Waals surface area (Å²) in [6, 6.07) is 10.7. The molecule has 7 heteroatoms. The fourth-order valence-corrected chi connectivity index (χ4v) is 2.26. The predicted molar refractivity (Wildman–Crippen MR) is 80.8 cm³/mol. The van der Waals surface area contributed by atoms with E-state index in [-0.39, 0.29) is 0 Å². The van der Waals surface area contributed by atoms with E-state index in [2.05, 4.69) is 31.1 Å². The van der Waals surface area contributed by atoms with Crippen LogP contribution in [0, 0.1) is 0 Å². The monoisotopic (exact) mass is 348 g/mol. The molecule has 0 aliphatic heterocycles. The second-order valence-corrected chi connectivity index (χ2v) is 5.18. The average Bonchev–Trinajstić information content (AvgIpc) is 3.15. The predicted octanol–water partition coefficient (Wildman–Crippen LogP) is 2.88. The van der Waals surface area contributed by atoms with E-state index < -0.39 is 6.04 Å². The number of furan rings is 1. The van der Waals surface area contributed by atoms with Crippen LogP contribution >= 0.6 is 15.9 Å². The highest BCUT2D eigenvalue weighted by Crippen LogP contribution is 2.25. The summed E-state index contributed by atoms with van der Waals surface area (Å²) in [5, 5.41) is 6.97. The van der Waals surface area contributed by atoms with E-state index in [1.54, 1.807) is 19.2 Å². The van der Waals surface area contributed by atoms with Crippen molar-refractivity contribution in [2.45, 2.75) is 6.04 Å². The lowest BCUT2D eigenvalue weighted by Crippen LogP contribution is -2.13. The van der Waals surface area contributed by atoms with Crippen LogP contribution in [0.1, 0.15) is 17.4 Å². The molecule has 3 N–H and O–H groups in total. The van der Waals surface area contributed by atoms with Crippen molar-refractivity contribution in [2.24, 2.45) is 5.73 Å². The van der Waals surface area contributed by atoms with Crippen LogP contribution in [-0.2, 0) is 0 Å². The van der Waals surface area contributed by atoms with Crippen LogP contribution in [-0.4, -0.2) is 22.3 Å². The van der Waals surface area contributed by atoms with Crippen LogP contribution in [0.2, 0.25) is 0 Å². The highest BCUT2D eigenvalue weighted by atomic mass is 79.9. The van der Waals surface area contributed by atoms with Gasteiger partial charge in [0.15, 0.2) is 10.4 Å². The zero-order valence-corrected chi connectivity index (χ0v) is 12.8. The van der Waals surface area contributed by atoms with Crippen molar-refractivity contribution in [2.75, 3.05) is 7.11 Å². The SMILES string of the molecule is COc1cccc([C@H](N)c2nc(-c3ccc(Br)o3)n[nH]2)c1. The van der Waals surface area contributed by atoms with Gasteiger partial charge in [-0.25, -0.2) is 4.98 Å². The van der Waals surface area contributed by atoms with Gasteiger partial charge in [-0.05, 0) is 45.8 Å². The Morgan fingerprint density at radius 1 is 1.33 bits per heavy atom. The lowest BCUT2D eigenvalue weighted by molar-refractivity contribution is 0.414. The van der Waals surface area contributed by atoms with Gasteiger partial charge in [-0.2, -0.15) is 0 Å². The number of hydrogen-bond acceptors (Lipinski definition) is 5. The van der Waals surface area contributed by atoms with Gasteiger partial charge in [0, 0.05) is 0 Å². The molecule has 0 fully saturated rings. The Bertz CT molecular complexity index is 753. The lowest BCUT2D eigenvalue weighted by Gasteiger charge is -2.09. The smallest absolute Gasteiger partial charge is 0.217 e. The van der Waals surface area contributed by atoms with Crippen molar-refractivity contribution < 1.29 is 9.15 Å². The van der Waals surface area contributed by atoms with Crippen molar-refractivity contribution in [3.63, 3.8) is 0 Å². The van der Waals surface area contributed by atoms with E-state index in [0.29, 0.717) is 22.1 Å². The first kappa shape index (κ1) is 13.8. The summed E-state index contributed by atoms with van der Waals surface area (Å²) in [5.74, 6) is 2.35. The molecule has 0 bridgehead atoms. The minimum absolute atomic E-state index is 0.417. The summed E-state index contributed by atoms with van der Waals surface area (Å²) in [5.41, 5.74) is 7.09. The molecule has 1 aromatic carbocycles. The molecule has 1 atom stereocenters. The van der Waals surface area contributed by atoms with Gasteiger partial charge in [0.05, 0.1) is 13.2 Å². The normalized spacial score (nSPS) is 12.3. The molecule has 3 rings (SSSR count). The van der Waals surface area contributed by atoms with Crippen LogP contribution in [0.25, 0.3) is 11.6 Å². The van der Waals surface area contributed by atoms with E-state index in [1.807, 2.05) is 24.3 Å². The summed E-state index contributed by atoms with van der Waals surface area (Å²) in [6.45, 7) is 0. The molecule has 3 aromatic rings. The van der Waals surface area contributed by atoms with Gasteiger partial charge in [-0.1, -0.05) is 12.1 Å². The van der Waals surface area contributed by atoms with E-state index in [0.717, 1.165) is 11.3 Å². The molecule has 6 nitrogen and oxygen atoms in total. The summed E-state index contributed by atoms with van der Waals surface area (Å²) < 4.78 is 11.2. The van der Waals surface area contributed by atoms with Gasteiger partial charge in [-0.3, -0.25) is 5.10 Å². The number of halogens is 1. The number of methoxy groups -OCH3 is 1. The zero-order valence-electron chi connectivity index (χ0n) is 11.2. The quantitative estimate of drug-likeness (QED) is 0.756. The summed E-state index contributed by atoms with van der Waals surface area (Å²) >= 11 is 3.25. The molecule has 0 aliphatic carbocycles. The van der Waals surface area contributed by atoms with Crippen molar-refractivity contribution in [3.8, 4) is 17.3 Å². The Morgan fingerprint density at radius 3 is 2.90 bits per heavy atom. The number of hydrogen-bond donors (Lipinski definition) is 2. The average molecular weight is 349 g/mol. The number of nitrogens with two attached hydrogens (primary N) is 1. The molecule has 0 spiro atoms. The van der Waals surface area contributed by atoms with E-state index in [1.165, 1.54) is 0 Å². The van der Waals surface area contributed by atoms with Crippen LogP contribution in [0.5, 0.6) is 5.75 Å². The molecule has 108 valence electrons. The topological polar surface area (TPSA) is 90.0 Å². The van der Waals surface area contributed by atoms with Crippen LogP contribution in [0.3, 0.4) is 0 Å². The molecule has 0 saturated heterocycles. The van der Waals surface area contributed by atoms with E-state index in [4.69, 9.17) is 14.9 Å². The minimum Gasteiger partial charge on any atom is -0.497 e. The third kappa shape index (κ3) is 2.84. The van der Waals surface area contributed by atoms with Crippen LogP contribution in [0.15, 0.2) is 45.5 Å². The van der Waals surface area contributed by atoms with Crippen molar-refractivity contribution in [3.05, 3.63) is 52.5 Å². The Morgan fingerprint density at radius 2 is 2.19 bits per heavy atom. The van der Waals surface area contributed by atoms with Crippen molar-refractivity contribution in [1.82, 2.24) is 15.2 Å². The Hall–Kier alpha value is -2.12. The zero-order chi connectivity index (χ0) is 14.8. The third-order valence-electron chi connectivity index (χ3n) is 3.04. The van der Waals surface area contributed by atoms with Gasteiger partial charge in [0.1, 0.15) is 11.6 Å². The van der Waals surface area contributed by atoms with E-state index >= 15 is 0 Å². The molecular weight excluding hydrogens is 336 g/mol. The maximum atomic E-state index is 6.21. The number of benzene rings is 1. The number of H-pyrrole nitrogens is 1. The molecule has 21 heavy (non-hydrogen) atoms. The number of ether oxygens (including phenoxy) is 1. The van der Waals surface area contributed by atoms with Gasteiger partial charge < -0.3 is 14.9 Å². The molecule has 2 heterocycles. The fourth-order valence-electron chi connectivity index (χ4n) is 1.95. The minimum atomic E-state index is -0.417. The number of rotatable bonds is 4. The van der Waals surface area contributed by atoms with Gasteiger partial charge in [0.25, 0.3) is 0 Å². The second-order valence-electron chi connectivity index (χ2n) is 4.40. The molecule has 2 aromatic heterocycles. The molecule has 0 aliphatic rings. The molecule has 0 saturated carbocycles. The molecule has 0 radical (unpaired) electrons. The first-order valence-corrected chi connectivity index (χ1v) is 7.04. The Balaban J connectivity index is 1.88. The maximum absolute atomic E-state index is 6.21. The standard InChI is InChI=1S/C14H13BrN4O2/c1-20-9-4-2-3-8(7-9)12(16)14-17-13(18-19-14)10-5-6-11(15)21-10/h2-7,12H,16H2,1H3,(H,17,18,19)/t12-/m0/s1. The largest absolute Gasteiger partial charge is 0.497 e. The van der Waals surface area contributed by atoms with E-state index in [9.17, 15) is 0 Å². The third-order valence-corrected chi connectivity index (χ3v) is 3.47. The summed E-state index contributed by atoms with van der Waals surface area (Å²) in [7, 11) is 1.62. The maximum Gasteiger partial charge on any atom is 0.217 e. The second kappa shape index (κ2) is 5.71. The molecular formula is C14H13BrN4O2. The summed E-state index contributed by atoms with van der Waals surface area (Å²) in [6.07, 6.45) is 0. The summed E-state index contributed by atoms with van der Waals surface area (Å²) in [4.78, 5) is 4.38. The molecule has 0 unspecified atom stereocenters. The first-order chi connectivity index (χ1) is 10.2. The van der Waals surface area contributed by atoms with Crippen LogP contribution < -0.4 is 10.5 Å². The van der Waals surface area contributed by atoms with Crippen molar-refractivity contribution >= 4 is 15.9 Å². The highest BCUT2D eigenvalue weighted by Gasteiger charge is 2.16. The molecule has 0 amide bonds. The number of aromatic amines is 1. The number of nitrogens with zero attached hydrogens (tertiary/aromatic N) is 2. The van der Waals surface area contributed by atoms with Gasteiger partial charge in [-0.15, -0.1) is 5.10 Å². The fraction of sp³-hybridized carbons (Fsp3) is 0.143. The van der Waals surface area contributed by atoms with Gasteiger partial charge in [0.2, 0.25) is 5.82 Å². The van der Waals surface area contributed by atoms with Crippen molar-refractivity contribution in [1.29, 1.82) is 0 Å². The Kier molecular flexibility index (Phi) is 3.76. The lowest BCUT2D eigenvalue weighted by atomic mass is 10.1. The van der Waals surface area contributed by atoms with Gasteiger partial charge >= 0.3 is 0 Å². The Labute approximate surface area is 129 Å².